The molecule has 2 aromatic rings. The van der Waals surface area contributed by atoms with Crippen molar-refractivity contribution in [3.63, 3.8) is 0 Å². The zero-order valence-corrected chi connectivity index (χ0v) is 12.8. The van der Waals surface area contributed by atoms with E-state index in [1.54, 1.807) is 0 Å². The number of nitrogens with one attached hydrogen (secondary N) is 1. The Hall–Kier alpha value is -1.77. The third-order valence-corrected chi connectivity index (χ3v) is 3.88. The van der Waals surface area contributed by atoms with Crippen LogP contribution in [0.15, 0.2) is 30.5 Å². The Morgan fingerprint density at radius 3 is 2.65 bits per heavy atom. The summed E-state index contributed by atoms with van der Waals surface area (Å²) in [6.45, 7) is 6.50. The van der Waals surface area contributed by atoms with Crippen LogP contribution < -0.4 is 0 Å². The largest absolute Gasteiger partial charge is 0.361 e. The van der Waals surface area contributed by atoms with Crippen molar-refractivity contribution in [3.8, 4) is 0 Å². The van der Waals surface area contributed by atoms with Crippen molar-refractivity contribution in [2.24, 2.45) is 5.92 Å². The first kappa shape index (κ1) is 14.6. The molecule has 0 saturated heterocycles. The first-order valence-corrected chi connectivity index (χ1v) is 7.29. The average Bonchev–Trinajstić information content (AvgIpc) is 2.80. The van der Waals surface area contributed by atoms with Crippen LogP contribution in [0.5, 0.6) is 0 Å². The quantitative estimate of drug-likeness (QED) is 0.887. The van der Waals surface area contributed by atoms with E-state index in [-0.39, 0.29) is 11.9 Å². The highest BCUT2D eigenvalue weighted by Crippen LogP contribution is 2.19. The molecule has 0 aliphatic carbocycles. The summed E-state index contributed by atoms with van der Waals surface area (Å²) >= 11 is 0. The van der Waals surface area contributed by atoms with E-state index in [1.807, 2.05) is 36.3 Å². The van der Waals surface area contributed by atoms with Crippen LogP contribution in [0.3, 0.4) is 0 Å². The van der Waals surface area contributed by atoms with Gasteiger partial charge in [-0.2, -0.15) is 0 Å². The van der Waals surface area contributed by atoms with Crippen LogP contribution in [0.4, 0.5) is 0 Å². The van der Waals surface area contributed by atoms with E-state index in [4.69, 9.17) is 0 Å². The fourth-order valence-corrected chi connectivity index (χ4v) is 2.65. The SMILES string of the molecule is CC(C)C[C@H](C)N(C)C(=O)Cc1c[nH]c2ccccc12. The maximum Gasteiger partial charge on any atom is 0.227 e. The van der Waals surface area contributed by atoms with E-state index in [2.05, 4.69) is 31.8 Å². The molecule has 0 saturated carbocycles. The number of aromatic nitrogens is 1. The molecule has 1 N–H and O–H groups in total. The van der Waals surface area contributed by atoms with Crippen LogP contribution in [0, 0.1) is 5.92 Å². The van der Waals surface area contributed by atoms with Gasteiger partial charge in [0.25, 0.3) is 0 Å². The molecule has 2 rings (SSSR count). The second kappa shape index (κ2) is 6.12. The van der Waals surface area contributed by atoms with Gasteiger partial charge >= 0.3 is 0 Å². The van der Waals surface area contributed by atoms with Gasteiger partial charge in [0.2, 0.25) is 5.91 Å². The summed E-state index contributed by atoms with van der Waals surface area (Å²) in [4.78, 5) is 17.5. The summed E-state index contributed by atoms with van der Waals surface area (Å²) in [5.41, 5.74) is 2.17. The molecule has 0 radical (unpaired) electrons. The topological polar surface area (TPSA) is 36.1 Å². The number of benzene rings is 1. The van der Waals surface area contributed by atoms with Crippen LogP contribution in [-0.2, 0) is 11.2 Å². The minimum atomic E-state index is 0.183. The smallest absolute Gasteiger partial charge is 0.227 e. The normalized spacial score (nSPS) is 12.8. The van der Waals surface area contributed by atoms with E-state index in [1.165, 1.54) is 0 Å². The molecular weight excluding hydrogens is 248 g/mol. The molecule has 20 heavy (non-hydrogen) atoms. The van der Waals surface area contributed by atoms with Crippen molar-refractivity contribution in [1.29, 1.82) is 0 Å². The Balaban J connectivity index is 2.07. The summed E-state index contributed by atoms with van der Waals surface area (Å²) in [6.07, 6.45) is 3.45. The Morgan fingerprint density at radius 2 is 1.95 bits per heavy atom. The van der Waals surface area contributed by atoms with E-state index in [0.29, 0.717) is 12.3 Å². The van der Waals surface area contributed by atoms with E-state index in [9.17, 15) is 4.79 Å². The molecule has 3 nitrogen and oxygen atoms in total. The van der Waals surface area contributed by atoms with Gasteiger partial charge in [-0.3, -0.25) is 4.79 Å². The molecule has 1 amide bonds. The number of para-hydroxylation sites is 1. The van der Waals surface area contributed by atoms with Gasteiger partial charge < -0.3 is 9.88 Å². The number of H-pyrrole nitrogens is 1. The maximum atomic E-state index is 12.4. The molecule has 0 bridgehead atoms. The monoisotopic (exact) mass is 272 g/mol. The number of carbonyl (C=O) groups excluding carboxylic acids is 1. The lowest BCUT2D eigenvalue weighted by molar-refractivity contribution is -0.131. The molecule has 0 aliphatic rings. The minimum Gasteiger partial charge on any atom is -0.361 e. The van der Waals surface area contributed by atoms with Gasteiger partial charge in [0.15, 0.2) is 0 Å². The van der Waals surface area contributed by atoms with Crippen molar-refractivity contribution in [2.45, 2.75) is 39.7 Å². The molecule has 1 atom stereocenters. The molecule has 0 fully saturated rings. The predicted octanol–water partition coefficient (Wildman–Crippen LogP) is 3.60. The molecular formula is C17H24N2O. The van der Waals surface area contributed by atoms with Gasteiger partial charge in [0.1, 0.15) is 0 Å². The molecule has 1 aromatic carbocycles. The predicted molar refractivity (Wildman–Crippen MR) is 83.7 cm³/mol. The molecule has 0 unspecified atom stereocenters. The summed E-state index contributed by atoms with van der Waals surface area (Å²) in [5, 5.41) is 1.14. The number of fused-ring (bicyclic) bond motifs is 1. The van der Waals surface area contributed by atoms with Gasteiger partial charge in [0, 0.05) is 30.2 Å². The highest BCUT2D eigenvalue weighted by atomic mass is 16.2. The van der Waals surface area contributed by atoms with Gasteiger partial charge in [-0.05, 0) is 30.9 Å². The average molecular weight is 272 g/mol. The van der Waals surface area contributed by atoms with Crippen molar-refractivity contribution >= 4 is 16.8 Å². The van der Waals surface area contributed by atoms with E-state index in [0.717, 1.165) is 22.9 Å². The van der Waals surface area contributed by atoms with Crippen molar-refractivity contribution in [3.05, 3.63) is 36.0 Å². The second-order valence-corrected chi connectivity index (χ2v) is 6.02. The summed E-state index contributed by atoms with van der Waals surface area (Å²) in [5.74, 6) is 0.788. The Morgan fingerprint density at radius 1 is 1.25 bits per heavy atom. The number of nitrogens with zero attached hydrogens (tertiary/aromatic N) is 1. The van der Waals surface area contributed by atoms with Crippen molar-refractivity contribution in [2.75, 3.05) is 7.05 Å². The van der Waals surface area contributed by atoms with Crippen LogP contribution in [0.25, 0.3) is 10.9 Å². The fourth-order valence-electron chi connectivity index (χ4n) is 2.65. The lowest BCUT2D eigenvalue weighted by atomic mass is 10.0. The third kappa shape index (κ3) is 3.21. The molecule has 3 heteroatoms. The highest BCUT2D eigenvalue weighted by Gasteiger charge is 2.18. The maximum absolute atomic E-state index is 12.4. The lowest BCUT2D eigenvalue weighted by Gasteiger charge is -2.26. The lowest BCUT2D eigenvalue weighted by Crippen LogP contribution is -2.36. The fraction of sp³-hybridized carbons (Fsp3) is 0.471. The minimum absolute atomic E-state index is 0.183. The molecule has 108 valence electrons. The third-order valence-electron chi connectivity index (χ3n) is 3.88. The first-order chi connectivity index (χ1) is 9.49. The Bertz CT molecular complexity index is 585. The van der Waals surface area contributed by atoms with Crippen LogP contribution in [-0.4, -0.2) is 28.9 Å². The zero-order chi connectivity index (χ0) is 14.7. The number of carbonyl (C=O) groups is 1. The standard InChI is InChI=1S/C17H24N2O/c1-12(2)9-13(3)19(4)17(20)10-14-11-18-16-8-6-5-7-15(14)16/h5-8,11-13,18H,9-10H2,1-4H3/t13-/m0/s1. The molecule has 0 aliphatic heterocycles. The number of likely N-dealkylation sites (N-methyl/N-ethyl adjacent to an activating group) is 1. The summed E-state index contributed by atoms with van der Waals surface area (Å²) < 4.78 is 0. The number of amides is 1. The first-order valence-electron chi connectivity index (χ1n) is 7.29. The highest BCUT2D eigenvalue weighted by molar-refractivity contribution is 5.88. The van der Waals surface area contributed by atoms with Crippen LogP contribution in [0.2, 0.25) is 0 Å². The van der Waals surface area contributed by atoms with E-state index >= 15 is 0 Å². The number of aromatic amines is 1. The number of hydrogen-bond acceptors (Lipinski definition) is 1. The van der Waals surface area contributed by atoms with Gasteiger partial charge in [-0.25, -0.2) is 0 Å². The molecule has 0 spiro atoms. The number of rotatable bonds is 5. The van der Waals surface area contributed by atoms with Crippen LogP contribution >= 0.6 is 0 Å². The van der Waals surface area contributed by atoms with E-state index < -0.39 is 0 Å². The Labute approximate surface area is 121 Å². The Kier molecular flexibility index (Phi) is 4.48. The zero-order valence-electron chi connectivity index (χ0n) is 12.8. The van der Waals surface area contributed by atoms with Crippen LogP contribution in [0.1, 0.15) is 32.8 Å². The van der Waals surface area contributed by atoms with Gasteiger partial charge in [0.05, 0.1) is 6.42 Å². The van der Waals surface area contributed by atoms with Gasteiger partial charge in [-0.1, -0.05) is 32.0 Å². The molecule has 1 aromatic heterocycles. The van der Waals surface area contributed by atoms with Crippen molar-refractivity contribution < 1.29 is 4.79 Å². The second-order valence-electron chi connectivity index (χ2n) is 6.02. The number of hydrogen-bond donors (Lipinski definition) is 1. The molecule has 1 heterocycles. The van der Waals surface area contributed by atoms with Gasteiger partial charge in [-0.15, -0.1) is 0 Å². The summed E-state index contributed by atoms with van der Waals surface area (Å²) in [7, 11) is 1.91. The van der Waals surface area contributed by atoms with Crippen molar-refractivity contribution in [1.82, 2.24) is 9.88 Å². The summed E-state index contributed by atoms with van der Waals surface area (Å²) in [6, 6.07) is 8.39.